The van der Waals surface area contributed by atoms with Crippen LogP contribution in [-0.4, -0.2) is 39.8 Å². The maximum absolute atomic E-state index is 12.9. The molecule has 178 valence electrons. The number of nitrogens with one attached hydrogen (secondary N) is 2. The van der Waals surface area contributed by atoms with E-state index in [0.29, 0.717) is 31.1 Å². The summed E-state index contributed by atoms with van der Waals surface area (Å²) in [6, 6.07) is 15.5. The van der Waals surface area contributed by atoms with Crippen LogP contribution in [0.25, 0.3) is 0 Å². The standard InChI is InChI=1S/C27H31N3O4/c31-24-12-11-23(26(33)29-24)30-16-20-13-17(9-10-22(20)27(30)34)15-28-21-8-4-7-19(14-21)25(32)18-5-2-1-3-6-18/h1-3,5-6,9-10,13,19,21,23,25,28,32H,4,7-8,11-12,14-16H2,(H,29,31,33)/t19-,21+,23?,25+/m0/s1. The molecule has 5 rings (SSSR count). The molecule has 2 heterocycles. The molecule has 3 aliphatic rings. The molecule has 3 N–H and O–H groups in total. The van der Waals surface area contributed by atoms with Crippen molar-refractivity contribution < 1.29 is 19.5 Å². The summed E-state index contributed by atoms with van der Waals surface area (Å²) in [6.07, 6.45) is 4.34. The molecule has 0 spiro atoms. The molecule has 0 bridgehead atoms. The molecule has 34 heavy (non-hydrogen) atoms. The summed E-state index contributed by atoms with van der Waals surface area (Å²) in [5.41, 5.74) is 3.64. The number of imide groups is 1. The molecule has 2 aromatic carbocycles. The number of nitrogens with zero attached hydrogens (tertiary/aromatic N) is 1. The third kappa shape index (κ3) is 4.63. The van der Waals surface area contributed by atoms with E-state index in [1.165, 1.54) is 0 Å². The maximum Gasteiger partial charge on any atom is 0.255 e. The average Bonchev–Trinajstić information content (AvgIpc) is 3.18. The fraction of sp³-hybridized carbons (Fsp3) is 0.444. The predicted molar refractivity (Wildman–Crippen MR) is 126 cm³/mol. The summed E-state index contributed by atoms with van der Waals surface area (Å²) >= 11 is 0. The highest BCUT2D eigenvalue weighted by Gasteiger charge is 2.39. The Labute approximate surface area is 199 Å². The van der Waals surface area contributed by atoms with Crippen LogP contribution in [0, 0.1) is 5.92 Å². The van der Waals surface area contributed by atoms with Gasteiger partial charge in [0.2, 0.25) is 11.8 Å². The topological polar surface area (TPSA) is 98.7 Å². The number of piperidine rings is 1. The van der Waals surface area contributed by atoms with Crippen molar-refractivity contribution in [3.05, 3.63) is 70.8 Å². The predicted octanol–water partition coefficient (Wildman–Crippen LogP) is 2.83. The Morgan fingerprint density at radius 3 is 2.68 bits per heavy atom. The fourth-order valence-electron chi connectivity index (χ4n) is 5.62. The summed E-state index contributed by atoms with van der Waals surface area (Å²) in [4.78, 5) is 38.2. The third-order valence-corrected chi connectivity index (χ3v) is 7.49. The van der Waals surface area contributed by atoms with Crippen molar-refractivity contribution in [2.24, 2.45) is 5.92 Å². The summed E-state index contributed by atoms with van der Waals surface area (Å²) < 4.78 is 0. The van der Waals surface area contributed by atoms with Gasteiger partial charge in [-0.05, 0) is 54.4 Å². The number of carbonyl (C=O) groups excluding carboxylic acids is 3. The van der Waals surface area contributed by atoms with Gasteiger partial charge in [0.15, 0.2) is 0 Å². The summed E-state index contributed by atoms with van der Waals surface area (Å²) in [6.45, 7) is 1.09. The van der Waals surface area contributed by atoms with Crippen molar-refractivity contribution in [2.45, 2.75) is 69.8 Å². The molecule has 7 nitrogen and oxygen atoms in total. The molecule has 7 heteroatoms. The van der Waals surface area contributed by atoms with Crippen LogP contribution >= 0.6 is 0 Å². The molecular formula is C27H31N3O4. The molecule has 4 atom stereocenters. The molecule has 0 aromatic heterocycles. The summed E-state index contributed by atoms with van der Waals surface area (Å²) in [5.74, 6) is -0.564. The molecule has 0 radical (unpaired) electrons. The number of fused-ring (bicyclic) bond motifs is 1. The quantitative estimate of drug-likeness (QED) is 0.575. The van der Waals surface area contributed by atoms with E-state index >= 15 is 0 Å². The van der Waals surface area contributed by atoms with E-state index in [-0.39, 0.29) is 30.1 Å². The minimum absolute atomic E-state index is 0.144. The van der Waals surface area contributed by atoms with Crippen LogP contribution in [0.15, 0.2) is 48.5 Å². The van der Waals surface area contributed by atoms with Gasteiger partial charge in [-0.3, -0.25) is 19.7 Å². The number of hydrogen-bond acceptors (Lipinski definition) is 5. The zero-order chi connectivity index (χ0) is 23.7. The van der Waals surface area contributed by atoms with Crippen LogP contribution in [0.2, 0.25) is 0 Å². The minimum atomic E-state index is -0.589. The molecule has 1 saturated carbocycles. The first kappa shape index (κ1) is 22.7. The number of aliphatic hydroxyl groups is 1. The number of aliphatic hydroxyl groups excluding tert-OH is 1. The second-order valence-corrected chi connectivity index (χ2v) is 9.75. The van der Waals surface area contributed by atoms with Crippen molar-refractivity contribution in [1.29, 1.82) is 0 Å². The van der Waals surface area contributed by atoms with Crippen LogP contribution in [0.3, 0.4) is 0 Å². The maximum atomic E-state index is 12.9. The van der Waals surface area contributed by atoms with Gasteiger partial charge in [0.25, 0.3) is 5.91 Å². The summed E-state index contributed by atoms with van der Waals surface area (Å²) in [7, 11) is 0. The SMILES string of the molecule is O=C1CCC(N2Cc3cc(CN[C@@H]4CCC[C@H]([C@H](O)c5ccccc5)C4)ccc3C2=O)C(=O)N1. The normalized spacial score (nSPS) is 25.7. The second kappa shape index (κ2) is 9.68. The van der Waals surface area contributed by atoms with Gasteiger partial charge >= 0.3 is 0 Å². The van der Waals surface area contributed by atoms with Gasteiger partial charge in [-0.25, -0.2) is 0 Å². The number of rotatable bonds is 6. The van der Waals surface area contributed by atoms with Crippen molar-refractivity contribution >= 4 is 17.7 Å². The van der Waals surface area contributed by atoms with E-state index in [1.807, 2.05) is 48.5 Å². The molecule has 3 amide bonds. The first-order valence-electron chi connectivity index (χ1n) is 12.2. The van der Waals surface area contributed by atoms with Crippen molar-refractivity contribution in [3.63, 3.8) is 0 Å². The van der Waals surface area contributed by atoms with E-state index in [1.54, 1.807) is 4.90 Å². The Hall–Kier alpha value is -3.03. The number of hydrogen-bond donors (Lipinski definition) is 3. The van der Waals surface area contributed by atoms with Gasteiger partial charge in [0.1, 0.15) is 6.04 Å². The largest absolute Gasteiger partial charge is 0.388 e. The van der Waals surface area contributed by atoms with Gasteiger partial charge in [-0.15, -0.1) is 0 Å². The first-order valence-corrected chi connectivity index (χ1v) is 12.2. The monoisotopic (exact) mass is 461 g/mol. The van der Waals surface area contributed by atoms with E-state index < -0.39 is 12.1 Å². The first-order chi connectivity index (χ1) is 16.5. The minimum Gasteiger partial charge on any atom is -0.388 e. The zero-order valence-corrected chi connectivity index (χ0v) is 19.2. The number of amides is 3. The number of carbonyl (C=O) groups is 3. The average molecular weight is 462 g/mol. The van der Waals surface area contributed by atoms with Crippen LogP contribution in [0.4, 0.5) is 0 Å². The lowest BCUT2D eigenvalue weighted by Gasteiger charge is -2.33. The molecular weight excluding hydrogens is 430 g/mol. The Bertz CT molecular complexity index is 1090. The highest BCUT2D eigenvalue weighted by atomic mass is 16.3. The zero-order valence-electron chi connectivity index (χ0n) is 19.2. The summed E-state index contributed by atoms with van der Waals surface area (Å²) in [5, 5.41) is 16.8. The Morgan fingerprint density at radius 2 is 1.88 bits per heavy atom. The Kier molecular flexibility index (Phi) is 6.48. The molecule has 1 aliphatic carbocycles. The fourth-order valence-corrected chi connectivity index (χ4v) is 5.62. The van der Waals surface area contributed by atoms with E-state index in [0.717, 1.165) is 42.4 Å². The third-order valence-electron chi connectivity index (χ3n) is 7.49. The number of benzene rings is 2. The van der Waals surface area contributed by atoms with Crippen LogP contribution in [-0.2, 0) is 22.7 Å². The van der Waals surface area contributed by atoms with Gasteiger partial charge in [0.05, 0.1) is 6.10 Å². The van der Waals surface area contributed by atoms with Gasteiger partial charge in [0, 0.05) is 31.1 Å². The van der Waals surface area contributed by atoms with Crippen LogP contribution in [0.1, 0.15) is 71.7 Å². The van der Waals surface area contributed by atoms with E-state index in [4.69, 9.17) is 0 Å². The Morgan fingerprint density at radius 1 is 1.06 bits per heavy atom. The van der Waals surface area contributed by atoms with Crippen molar-refractivity contribution in [3.8, 4) is 0 Å². The highest BCUT2D eigenvalue weighted by molar-refractivity contribution is 6.05. The lowest BCUT2D eigenvalue weighted by Crippen LogP contribution is -2.52. The second-order valence-electron chi connectivity index (χ2n) is 9.75. The van der Waals surface area contributed by atoms with Gasteiger partial charge in [-0.1, -0.05) is 48.9 Å². The lowest BCUT2D eigenvalue weighted by molar-refractivity contribution is -0.136. The smallest absolute Gasteiger partial charge is 0.255 e. The lowest BCUT2D eigenvalue weighted by atomic mass is 9.80. The van der Waals surface area contributed by atoms with Gasteiger partial charge < -0.3 is 15.3 Å². The van der Waals surface area contributed by atoms with E-state index in [9.17, 15) is 19.5 Å². The molecule has 2 aliphatic heterocycles. The molecule has 1 unspecified atom stereocenters. The molecule has 2 aromatic rings. The molecule has 2 fully saturated rings. The van der Waals surface area contributed by atoms with Gasteiger partial charge in [-0.2, -0.15) is 0 Å². The van der Waals surface area contributed by atoms with Crippen molar-refractivity contribution in [1.82, 2.24) is 15.5 Å². The van der Waals surface area contributed by atoms with Crippen LogP contribution in [0.5, 0.6) is 0 Å². The van der Waals surface area contributed by atoms with E-state index in [2.05, 4.69) is 10.6 Å². The van der Waals surface area contributed by atoms with Crippen LogP contribution < -0.4 is 10.6 Å². The molecule has 1 saturated heterocycles. The Balaban J connectivity index is 1.19. The van der Waals surface area contributed by atoms with Crippen molar-refractivity contribution in [2.75, 3.05) is 0 Å². The highest BCUT2D eigenvalue weighted by Crippen LogP contribution is 2.35.